The summed E-state index contributed by atoms with van der Waals surface area (Å²) in [4.78, 5) is 19.5. The molecule has 0 spiro atoms. The summed E-state index contributed by atoms with van der Waals surface area (Å²) in [7, 11) is 0. The van der Waals surface area contributed by atoms with Crippen LogP contribution in [0.4, 0.5) is 0 Å². The number of carbonyl (C=O) groups is 1. The molecule has 0 aliphatic heterocycles. The Morgan fingerprint density at radius 1 is 1.20 bits per heavy atom. The van der Waals surface area contributed by atoms with Crippen molar-refractivity contribution in [3.63, 3.8) is 0 Å². The van der Waals surface area contributed by atoms with Gasteiger partial charge in [-0.3, -0.25) is 14.3 Å². The lowest BCUT2D eigenvalue weighted by Gasteiger charge is -2.08. The van der Waals surface area contributed by atoms with Crippen LogP contribution in [0.25, 0.3) is 16.7 Å². The lowest BCUT2D eigenvalue weighted by Crippen LogP contribution is -2.02. The molecule has 0 bridgehead atoms. The van der Waals surface area contributed by atoms with Crippen molar-refractivity contribution in [2.24, 2.45) is 0 Å². The molecule has 0 saturated heterocycles. The first-order valence-electron chi connectivity index (χ1n) is 6.23. The fraction of sp³-hybridized carbons (Fsp3) is 0.133. The van der Waals surface area contributed by atoms with Crippen LogP contribution in [0, 0.1) is 6.92 Å². The lowest BCUT2D eigenvalue weighted by molar-refractivity contribution is -0.131. The van der Waals surface area contributed by atoms with Gasteiger partial charge in [0.15, 0.2) is 0 Å². The summed E-state index contributed by atoms with van der Waals surface area (Å²) < 4.78 is 7.07. The zero-order valence-corrected chi connectivity index (χ0v) is 11.2. The van der Waals surface area contributed by atoms with E-state index in [1.165, 1.54) is 6.92 Å². The molecule has 2 heterocycles. The molecule has 0 saturated carbocycles. The molecule has 0 aliphatic carbocycles. The molecule has 5 heteroatoms. The molecule has 0 fully saturated rings. The Balaban J connectivity index is 2.07. The molecule has 0 N–H and O–H groups in total. The maximum Gasteiger partial charge on any atom is 0.308 e. The standard InChI is InChI=1S/C15H13N3O2/c1-10-17-14-9-16-8-7-15(14)18(10)12-3-5-13(6-4-12)20-11(2)19/h3-9H,1-2H3. The smallest absolute Gasteiger partial charge is 0.308 e. The first kappa shape index (κ1) is 12.3. The molecular formula is C15H13N3O2. The summed E-state index contributed by atoms with van der Waals surface area (Å²) in [6.07, 6.45) is 3.49. The van der Waals surface area contributed by atoms with E-state index in [2.05, 4.69) is 9.97 Å². The van der Waals surface area contributed by atoms with Crippen molar-refractivity contribution >= 4 is 17.0 Å². The minimum absolute atomic E-state index is 0.326. The highest BCUT2D eigenvalue weighted by Crippen LogP contribution is 2.22. The van der Waals surface area contributed by atoms with Crippen LogP contribution in [0.15, 0.2) is 42.7 Å². The fourth-order valence-corrected chi connectivity index (χ4v) is 2.21. The van der Waals surface area contributed by atoms with Gasteiger partial charge in [0.25, 0.3) is 0 Å². The van der Waals surface area contributed by atoms with Crippen LogP contribution in [0.2, 0.25) is 0 Å². The molecule has 0 aliphatic rings. The van der Waals surface area contributed by atoms with Gasteiger partial charge < -0.3 is 4.74 Å². The Bertz CT molecular complexity index is 775. The molecule has 0 unspecified atom stereocenters. The van der Waals surface area contributed by atoms with Gasteiger partial charge in [0.2, 0.25) is 0 Å². The number of hydrogen-bond acceptors (Lipinski definition) is 4. The van der Waals surface area contributed by atoms with Gasteiger partial charge in [-0.15, -0.1) is 0 Å². The average molecular weight is 267 g/mol. The number of benzene rings is 1. The SMILES string of the molecule is CC(=O)Oc1ccc(-n2c(C)nc3cnccc32)cc1. The van der Waals surface area contributed by atoms with Gasteiger partial charge in [-0.1, -0.05) is 0 Å². The van der Waals surface area contributed by atoms with Gasteiger partial charge in [0.1, 0.15) is 17.1 Å². The van der Waals surface area contributed by atoms with Crippen molar-refractivity contribution in [1.29, 1.82) is 0 Å². The topological polar surface area (TPSA) is 57.0 Å². The van der Waals surface area contributed by atoms with Crippen LogP contribution >= 0.6 is 0 Å². The normalized spacial score (nSPS) is 10.7. The van der Waals surface area contributed by atoms with Gasteiger partial charge >= 0.3 is 5.97 Å². The first-order valence-corrected chi connectivity index (χ1v) is 6.23. The average Bonchev–Trinajstić information content (AvgIpc) is 2.75. The minimum atomic E-state index is -0.326. The minimum Gasteiger partial charge on any atom is -0.427 e. The van der Waals surface area contributed by atoms with E-state index in [4.69, 9.17) is 4.74 Å². The van der Waals surface area contributed by atoms with E-state index in [1.54, 1.807) is 24.5 Å². The van der Waals surface area contributed by atoms with E-state index in [0.717, 1.165) is 22.5 Å². The molecule has 20 heavy (non-hydrogen) atoms. The van der Waals surface area contributed by atoms with Crippen LogP contribution in [-0.4, -0.2) is 20.5 Å². The highest BCUT2D eigenvalue weighted by molar-refractivity contribution is 5.77. The third-order valence-electron chi connectivity index (χ3n) is 2.98. The lowest BCUT2D eigenvalue weighted by atomic mass is 10.3. The van der Waals surface area contributed by atoms with E-state index in [9.17, 15) is 4.79 Å². The number of pyridine rings is 1. The first-order chi connectivity index (χ1) is 9.65. The number of carbonyl (C=O) groups excluding carboxylic acids is 1. The fourth-order valence-electron chi connectivity index (χ4n) is 2.21. The molecular weight excluding hydrogens is 254 g/mol. The van der Waals surface area contributed by atoms with Crippen LogP contribution in [0.5, 0.6) is 5.75 Å². The predicted molar refractivity (Wildman–Crippen MR) is 74.9 cm³/mol. The molecule has 2 aromatic heterocycles. The number of aryl methyl sites for hydroxylation is 1. The third kappa shape index (κ3) is 2.14. The zero-order chi connectivity index (χ0) is 14.1. The van der Waals surface area contributed by atoms with Crippen molar-refractivity contribution in [3.05, 3.63) is 48.5 Å². The monoisotopic (exact) mass is 267 g/mol. The van der Waals surface area contributed by atoms with Gasteiger partial charge in [0.05, 0.1) is 11.7 Å². The number of rotatable bonds is 2. The second kappa shape index (κ2) is 4.77. The van der Waals surface area contributed by atoms with Crippen LogP contribution in [0.3, 0.4) is 0 Å². The number of imidazole rings is 1. The number of aromatic nitrogens is 3. The molecule has 1 aromatic carbocycles. The highest BCUT2D eigenvalue weighted by Gasteiger charge is 2.09. The van der Waals surface area contributed by atoms with Gasteiger partial charge in [-0.05, 0) is 37.3 Å². The summed E-state index contributed by atoms with van der Waals surface area (Å²) in [5, 5.41) is 0. The number of hydrogen-bond donors (Lipinski definition) is 0. The summed E-state index contributed by atoms with van der Waals surface area (Å²) in [6.45, 7) is 3.33. The van der Waals surface area contributed by atoms with Crippen molar-refractivity contribution in [1.82, 2.24) is 14.5 Å². The Hall–Kier alpha value is -2.69. The van der Waals surface area contributed by atoms with E-state index >= 15 is 0 Å². The number of ether oxygens (including phenoxy) is 1. The summed E-state index contributed by atoms with van der Waals surface area (Å²) >= 11 is 0. The highest BCUT2D eigenvalue weighted by atomic mass is 16.5. The Labute approximate surface area is 115 Å². The maximum atomic E-state index is 10.9. The molecule has 0 atom stereocenters. The van der Waals surface area contributed by atoms with Crippen molar-refractivity contribution in [2.45, 2.75) is 13.8 Å². The molecule has 5 nitrogen and oxygen atoms in total. The van der Waals surface area contributed by atoms with Crippen LogP contribution < -0.4 is 4.74 Å². The van der Waals surface area contributed by atoms with E-state index in [1.807, 2.05) is 29.7 Å². The molecule has 3 aromatic rings. The van der Waals surface area contributed by atoms with Crippen molar-refractivity contribution in [2.75, 3.05) is 0 Å². The molecule has 100 valence electrons. The summed E-state index contributed by atoms with van der Waals surface area (Å²) in [5.74, 6) is 1.09. The van der Waals surface area contributed by atoms with Crippen LogP contribution in [-0.2, 0) is 4.79 Å². The number of nitrogens with zero attached hydrogens (tertiary/aromatic N) is 3. The predicted octanol–water partition coefficient (Wildman–Crippen LogP) is 2.65. The molecule has 0 radical (unpaired) electrons. The van der Waals surface area contributed by atoms with E-state index in [0.29, 0.717) is 5.75 Å². The second-order valence-corrected chi connectivity index (χ2v) is 4.45. The van der Waals surface area contributed by atoms with Crippen molar-refractivity contribution in [3.8, 4) is 11.4 Å². The summed E-state index contributed by atoms with van der Waals surface area (Å²) in [5.41, 5.74) is 2.82. The number of esters is 1. The van der Waals surface area contributed by atoms with Gasteiger partial charge in [-0.25, -0.2) is 4.98 Å². The Morgan fingerprint density at radius 3 is 2.65 bits per heavy atom. The maximum absolute atomic E-state index is 10.9. The molecule has 3 rings (SSSR count). The quantitative estimate of drug-likeness (QED) is 0.529. The largest absolute Gasteiger partial charge is 0.427 e. The van der Waals surface area contributed by atoms with Crippen molar-refractivity contribution < 1.29 is 9.53 Å². The van der Waals surface area contributed by atoms with Crippen LogP contribution in [0.1, 0.15) is 12.7 Å². The second-order valence-electron chi connectivity index (χ2n) is 4.45. The Morgan fingerprint density at radius 2 is 1.95 bits per heavy atom. The van der Waals surface area contributed by atoms with Gasteiger partial charge in [0, 0.05) is 18.8 Å². The third-order valence-corrected chi connectivity index (χ3v) is 2.98. The van der Waals surface area contributed by atoms with E-state index in [-0.39, 0.29) is 5.97 Å². The Kier molecular flexibility index (Phi) is 2.95. The van der Waals surface area contributed by atoms with Gasteiger partial charge in [-0.2, -0.15) is 0 Å². The summed E-state index contributed by atoms with van der Waals surface area (Å²) in [6, 6.07) is 9.25. The molecule has 0 amide bonds. The van der Waals surface area contributed by atoms with E-state index < -0.39 is 0 Å². The zero-order valence-electron chi connectivity index (χ0n) is 11.2. The number of fused-ring (bicyclic) bond motifs is 1.